The van der Waals surface area contributed by atoms with Crippen LogP contribution in [-0.2, 0) is 24.2 Å². The lowest BCUT2D eigenvalue weighted by Gasteiger charge is -2.32. The molecule has 0 bridgehead atoms. The quantitative estimate of drug-likeness (QED) is 0.446. The van der Waals surface area contributed by atoms with Gasteiger partial charge in [-0.3, -0.25) is 14.2 Å². The Morgan fingerprint density at radius 3 is 2.69 bits per heavy atom. The van der Waals surface area contributed by atoms with Crippen molar-refractivity contribution in [3.8, 4) is 0 Å². The van der Waals surface area contributed by atoms with Crippen molar-refractivity contribution in [2.24, 2.45) is 5.92 Å². The van der Waals surface area contributed by atoms with E-state index < -0.39 is 0 Å². The number of carbonyl (C=O) groups is 1. The van der Waals surface area contributed by atoms with Gasteiger partial charge in [0.25, 0.3) is 5.56 Å². The minimum absolute atomic E-state index is 0.0853. The fourth-order valence-corrected chi connectivity index (χ4v) is 7.07. The molecule has 0 N–H and O–H groups in total. The summed E-state index contributed by atoms with van der Waals surface area (Å²) in [6.07, 6.45) is 7.41. The number of carbonyl (C=O) groups excluding carboxylic acids is 1. The molecule has 2 aromatic rings. The van der Waals surface area contributed by atoms with Crippen molar-refractivity contribution in [1.29, 1.82) is 0 Å². The Morgan fingerprint density at radius 1 is 1.25 bits per heavy atom. The number of fused-ring (bicyclic) bond motifs is 3. The van der Waals surface area contributed by atoms with Gasteiger partial charge in [0.05, 0.1) is 10.6 Å². The molecule has 1 atom stereocenters. The van der Waals surface area contributed by atoms with E-state index in [1.807, 2.05) is 16.4 Å². The van der Waals surface area contributed by atoms with Crippen molar-refractivity contribution in [2.75, 3.05) is 33.7 Å². The molecule has 8 heteroatoms. The second-order valence-electron chi connectivity index (χ2n) is 9.67. The first-order valence-electron chi connectivity index (χ1n) is 12.0. The molecule has 3 heterocycles. The van der Waals surface area contributed by atoms with E-state index in [-0.39, 0.29) is 16.7 Å². The summed E-state index contributed by atoms with van der Waals surface area (Å²) in [6, 6.07) is 0. The number of piperidine rings is 1. The normalized spacial score (nSPS) is 18.3. The summed E-state index contributed by atoms with van der Waals surface area (Å²) in [6.45, 7) is 7.44. The summed E-state index contributed by atoms with van der Waals surface area (Å²) in [4.78, 5) is 38.1. The van der Waals surface area contributed by atoms with E-state index in [1.165, 1.54) is 28.6 Å². The first-order valence-corrected chi connectivity index (χ1v) is 13.7. The van der Waals surface area contributed by atoms with Gasteiger partial charge in [-0.2, -0.15) is 0 Å². The number of aryl methyl sites for hydroxylation is 2. The molecule has 2 aromatic heterocycles. The fraction of sp³-hybridized carbons (Fsp3) is 0.708. The Bertz CT molecular complexity index is 1020. The molecule has 1 aliphatic heterocycles. The number of rotatable bonds is 7. The van der Waals surface area contributed by atoms with Crippen molar-refractivity contribution < 1.29 is 4.79 Å². The van der Waals surface area contributed by atoms with E-state index in [2.05, 4.69) is 25.9 Å². The van der Waals surface area contributed by atoms with Crippen LogP contribution >= 0.6 is 23.1 Å². The minimum Gasteiger partial charge on any atom is -0.342 e. The van der Waals surface area contributed by atoms with Crippen LogP contribution in [0.15, 0.2) is 9.95 Å². The summed E-state index contributed by atoms with van der Waals surface area (Å²) < 4.78 is 1.85. The van der Waals surface area contributed by atoms with E-state index in [9.17, 15) is 9.59 Å². The van der Waals surface area contributed by atoms with E-state index in [1.54, 1.807) is 11.3 Å². The highest BCUT2D eigenvalue weighted by Crippen LogP contribution is 2.35. The van der Waals surface area contributed by atoms with Gasteiger partial charge in [0, 0.05) is 24.5 Å². The molecule has 0 radical (unpaired) electrons. The number of amides is 1. The standard InChI is InChI=1S/C24H36N4O2S2/c1-16-10-14-27(15-11-16)22(29)17(2)31-24-25-21-20(18-8-5-6-9-19(18)32-21)23(30)28(24)13-7-12-26(3)4/h16-17H,5-15H2,1-4H3. The van der Waals surface area contributed by atoms with Crippen molar-refractivity contribution in [1.82, 2.24) is 19.4 Å². The highest BCUT2D eigenvalue weighted by Gasteiger charge is 2.28. The smallest absolute Gasteiger partial charge is 0.263 e. The highest BCUT2D eigenvalue weighted by atomic mass is 32.2. The molecule has 6 nitrogen and oxygen atoms in total. The van der Waals surface area contributed by atoms with Crippen LogP contribution in [0.3, 0.4) is 0 Å². The van der Waals surface area contributed by atoms with Gasteiger partial charge in [0.15, 0.2) is 5.16 Å². The average molecular weight is 477 g/mol. The molecule has 4 rings (SSSR count). The van der Waals surface area contributed by atoms with E-state index in [4.69, 9.17) is 4.98 Å². The maximum atomic E-state index is 13.7. The number of nitrogens with zero attached hydrogens (tertiary/aromatic N) is 4. The number of aromatic nitrogens is 2. The monoisotopic (exact) mass is 476 g/mol. The zero-order valence-corrected chi connectivity index (χ0v) is 21.5. The first kappa shape index (κ1) is 23.8. The van der Waals surface area contributed by atoms with Gasteiger partial charge in [-0.1, -0.05) is 18.7 Å². The maximum absolute atomic E-state index is 13.7. The van der Waals surface area contributed by atoms with Crippen LogP contribution in [0.2, 0.25) is 0 Å². The zero-order valence-electron chi connectivity index (χ0n) is 19.9. The molecule has 2 aliphatic rings. The number of likely N-dealkylation sites (tertiary alicyclic amines) is 1. The summed E-state index contributed by atoms with van der Waals surface area (Å²) in [5.74, 6) is 0.861. The van der Waals surface area contributed by atoms with Crippen LogP contribution in [0.5, 0.6) is 0 Å². The molecular weight excluding hydrogens is 440 g/mol. The van der Waals surface area contributed by atoms with Gasteiger partial charge >= 0.3 is 0 Å². The van der Waals surface area contributed by atoms with Crippen molar-refractivity contribution in [3.63, 3.8) is 0 Å². The van der Waals surface area contributed by atoms with Gasteiger partial charge in [-0.05, 0) is 84.0 Å². The van der Waals surface area contributed by atoms with Crippen LogP contribution < -0.4 is 5.56 Å². The van der Waals surface area contributed by atoms with Crippen LogP contribution in [0.4, 0.5) is 0 Å². The van der Waals surface area contributed by atoms with Crippen LogP contribution in [0.25, 0.3) is 10.2 Å². The van der Waals surface area contributed by atoms with Gasteiger partial charge < -0.3 is 9.80 Å². The Kier molecular flexibility index (Phi) is 7.62. The van der Waals surface area contributed by atoms with Gasteiger partial charge in [-0.25, -0.2) is 4.98 Å². The van der Waals surface area contributed by atoms with E-state index in [0.29, 0.717) is 17.6 Å². The van der Waals surface area contributed by atoms with Crippen LogP contribution in [0.1, 0.15) is 56.4 Å². The third kappa shape index (κ3) is 5.07. The fourth-order valence-electron chi connectivity index (χ4n) is 4.75. The van der Waals surface area contributed by atoms with E-state index >= 15 is 0 Å². The molecule has 1 amide bonds. The van der Waals surface area contributed by atoms with Gasteiger partial charge in [-0.15, -0.1) is 11.3 Å². The Morgan fingerprint density at radius 2 is 1.97 bits per heavy atom. The molecular formula is C24H36N4O2S2. The van der Waals surface area contributed by atoms with Crippen molar-refractivity contribution in [2.45, 2.75) is 75.7 Å². The number of hydrogen-bond donors (Lipinski definition) is 0. The number of thioether (sulfide) groups is 1. The molecule has 1 aliphatic carbocycles. The van der Waals surface area contributed by atoms with Crippen molar-refractivity contribution >= 4 is 39.2 Å². The predicted molar refractivity (Wildman–Crippen MR) is 134 cm³/mol. The lowest BCUT2D eigenvalue weighted by Crippen LogP contribution is -2.42. The van der Waals surface area contributed by atoms with Gasteiger partial charge in [0.2, 0.25) is 5.91 Å². The third-order valence-corrected chi connectivity index (χ3v) is 9.02. The summed E-state index contributed by atoms with van der Waals surface area (Å²) in [7, 11) is 4.10. The topological polar surface area (TPSA) is 58.4 Å². The predicted octanol–water partition coefficient (Wildman–Crippen LogP) is 4.03. The largest absolute Gasteiger partial charge is 0.342 e. The molecule has 1 fully saturated rings. The SMILES string of the molecule is CC1CCN(C(=O)C(C)Sc2nc3sc4c(c3c(=O)n2CCCN(C)C)CCCC4)CC1. The maximum Gasteiger partial charge on any atom is 0.263 e. The molecule has 0 spiro atoms. The Balaban J connectivity index is 1.63. The molecule has 1 saturated heterocycles. The second-order valence-corrected chi connectivity index (χ2v) is 12.1. The van der Waals surface area contributed by atoms with Crippen LogP contribution in [0, 0.1) is 5.92 Å². The lowest BCUT2D eigenvalue weighted by molar-refractivity contribution is -0.131. The summed E-state index contributed by atoms with van der Waals surface area (Å²) >= 11 is 3.15. The molecule has 0 saturated carbocycles. The average Bonchev–Trinajstić information content (AvgIpc) is 3.14. The Labute approximate surface area is 199 Å². The molecule has 176 valence electrons. The zero-order chi connectivity index (χ0) is 22.8. The van der Waals surface area contributed by atoms with Crippen molar-refractivity contribution in [3.05, 3.63) is 20.8 Å². The number of thiophene rings is 1. The summed E-state index contributed by atoms with van der Waals surface area (Å²) in [5.41, 5.74) is 1.32. The highest BCUT2D eigenvalue weighted by molar-refractivity contribution is 8.00. The summed E-state index contributed by atoms with van der Waals surface area (Å²) in [5, 5.41) is 1.29. The Hall–Kier alpha value is -1.38. The third-order valence-electron chi connectivity index (χ3n) is 6.75. The first-order chi connectivity index (χ1) is 15.3. The van der Waals surface area contributed by atoms with Crippen LogP contribution in [-0.4, -0.2) is 64.2 Å². The molecule has 0 aromatic carbocycles. The minimum atomic E-state index is -0.248. The molecule has 1 unspecified atom stereocenters. The van der Waals surface area contributed by atoms with E-state index in [0.717, 1.165) is 68.4 Å². The molecule has 32 heavy (non-hydrogen) atoms. The van der Waals surface area contributed by atoms with Gasteiger partial charge in [0.1, 0.15) is 4.83 Å². The number of hydrogen-bond acceptors (Lipinski definition) is 6. The lowest BCUT2D eigenvalue weighted by atomic mass is 9.97. The second kappa shape index (κ2) is 10.3.